The van der Waals surface area contributed by atoms with E-state index in [1.165, 1.54) is 0 Å². The van der Waals surface area contributed by atoms with Gasteiger partial charge < -0.3 is 10.1 Å². The zero-order valence-electron chi connectivity index (χ0n) is 12.6. The van der Waals surface area contributed by atoms with Crippen LogP contribution in [-0.4, -0.2) is 5.60 Å². The standard InChI is InChI=1S/C17H19Cl2NO/c1-11-9-13(21-17(2,3)4)6-8-16(11)20-12-5-7-14(18)15(19)10-12/h5-10,20H,1-4H3. The van der Waals surface area contributed by atoms with Gasteiger partial charge in [0, 0.05) is 11.4 Å². The number of ether oxygens (including phenoxy) is 1. The largest absolute Gasteiger partial charge is 0.488 e. The molecular weight excluding hydrogens is 305 g/mol. The minimum Gasteiger partial charge on any atom is -0.488 e. The number of hydrogen-bond acceptors (Lipinski definition) is 2. The van der Waals surface area contributed by atoms with Crippen molar-refractivity contribution < 1.29 is 4.74 Å². The number of rotatable bonds is 3. The summed E-state index contributed by atoms with van der Waals surface area (Å²) < 4.78 is 5.86. The molecule has 2 nitrogen and oxygen atoms in total. The lowest BCUT2D eigenvalue weighted by Crippen LogP contribution is -2.22. The Kier molecular flexibility index (Phi) is 4.70. The highest BCUT2D eigenvalue weighted by atomic mass is 35.5. The molecule has 2 rings (SSSR count). The fourth-order valence-corrected chi connectivity index (χ4v) is 2.22. The Labute approximate surface area is 136 Å². The molecule has 0 radical (unpaired) electrons. The highest BCUT2D eigenvalue weighted by Crippen LogP contribution is 2.30. The maximum Gasteiger partial charge on any atom is 0.120 e. The Morgan fingerprint density at radius 3 is 2.24 bits per heavy atom. The van der Waals surface area contributed by atoms with E-state index >= 15 is 0 Å². The minimum absolute atomic E-state index is 0.203. The Morgan fingerprint density at radius 1 is 0.952 bits per heavy atom. The fourth-order valence-electron chi connectivity index (χ4n) is 1.92. The molecule has 0 spiro atoms. The molecule has 21 heavy (non-hydrogen) atoms. The van der Waals surface area contributed by atoms with Crippen molar-refractivity contribution >= 4 is 34.6 Å². The molecule has 0 unspecified atom stereocenters. The molecule has 2 aromatic carbocycles. The van der Waals surface area contributed by atoms with Crippen LogP contribution in [0.2, 0.25) is 10.0 Å². The second-order valence-electron chi connectivity index (χ2n) is 5.95. The monoisotopic (exact) mass is 323 g/mol. The van der Waals surface area contributed by atoms with Crippen molar-refractivity contribution in [2.24, 2.45) is 0 Å². The summed E-state index contributed by atoms with van der Waals surface area (Å²) in [4.78, 5) is 0. The van der Waals surface area contributed by atoms with Crippen LogP contribution in [0.1, 0.15) is 26.3 Å². The lowest BCUT2D eigenvalue weighted by Gasteiger charge is -2.22. The van der Waals surface area contributed by atoms with E-state index in [0.29, 0.717) is 10.0 Å². The summed E-state index contributed by atoms with van der Waals surface area (Å²) in [5.41, 5.74) is 2.81. The summed E-state index contributed by atoms with van der Waals surface area (Å²) >= 11 is 11.9. The number of nitrogens with one attached hydrogen (secondary N) is 1. The number of anilines is 2. The topological polar surface area (TPSA) is 21.3 Å². The summed E-state index contributed by atoms with van der Waals surface area (Å²) in [5.74, 6) is 0.861. The van der Waals surface area contributed by atoms with E-state index < -0.39 is 0 Å². The van der Waals surface area contributed by atoms with E-state index in [0.717, 1.165) is 22.7 Å². The Balaban J connectivity index is 2.19. The van der Waals surface area contributed by atoms with Gasteiger partial charge in [0.1, 0.15) is 11.4 Å². The van der Waals surface area contributed by atoms with Gasteiger partial charge in [0.25, 0.3) is 0 Å². The van der Waals surface area contributed by atoms with Crippen molar-refractivity contribution in [2.75, 3.05) is 5.32 Å². The third-order valence-corrected chi connectivity index (χ3v) is 3.56. The summed E-state index contributed by atoms with van der Waals surface area (Å²) in [6.45, 7) is 8.13. The second-order valence-corrected chi connectivity index (χ2v) is 6.76. The van der Waals surface area contributed by atoms with Crippen molar-refractivity contribution in [2.45, 2.75) is 33.3 Å². The van der Waals surface area contributed by atoms with E-state index in [4.69, 9.17) is 27.9 Å². The van der Waals surface area contributed by atoms with E-state index in [2.05, 4.69) is 5.32 Å². The van der Waals surface area contributed by atoms with Gasteiger partial charge >= 0.3 is 0 Å². The fraction of sp³-hybridized carbons (Fsp3) is 0.294. The van der Waals surface area contributed by atoms with E-state index in [9.17, 15) is 0 Å². The molecule has 0 atom stereocenters. The van der Waals surface area contributed by atoms with Gasteiger partial charge in [-0.3, -0.25) is 0 Å². The van der Waals surface area contributed by atoms with Crippen LogP contribution in [0.5, 0.6) is 5.75 Å². The summed E-state index contributed by atoms with van der Waals surface area (Å²) in [6, 6.07) is 11.5. The molecule has 0 amide bonds. The van der Waals surface area contributed by atoms with E-state index in [1.54, 1.807) is 6.07 Å². The number of halogens is 2. The van der Waals surface area contributed by atoms with E-state index in [1.807, 2.05) is 58.0 Å². The van der Waals surface area contributed by atoms with Crippen LogP contribution in [0, 0.1) is 6.92 Å². The molecular formula is C17H19Cl2NO. The molecule has 0 aliphatic carbocycles. The van der Waals surface area contributed by atoms with Crippen molar-refractivity contribution in [3.05, 3.63) is 52.0 Å². The molecule has 0 aliphatic heterocycles. The molecule has 0 bridgehead atoms. The van der Waals surface area contributed by atoms with Crippen LogP contribution in [0.3, 0.4) is 0 Å². The molecule has 4 heteroatoms. The third kappa shape index (κ3) is 4.55. The predicted molar refractivity (Wildman–Crippen MR) is 91.3 cm³/mol. The van der Waals surface area contributed by atoms with E-state index in [-0.39, 0.29) is 5.60 Å². The first-order valence-electron chi connectivity index (χ1n) is 6.76. The molecule has 0 saturated heterocycles. The zero-order chi connectivity index (χ0) is 15.6. The molecule has 2 aromatic rings. The lowest BCUT2D eigenvalue weighted by molar-refractivity contribution is 0.131. The van der Waals surface area contributed by atoms with Crippen molar-refractivity contribution in [3.8, 4) is 5.75 Å². The van der Waals surface area contributed by atoms with Gasteiger partial charge in [-0.1, -0.05) is 23.2 Å². The third-order valence-electron chi connectivity index (χ3n) is 2.82. The van der Waals surface area contributed by atoms with Crippen LogP contribution in [0.25, 0.3) is 0 Å². The summed E-state index contributed by atoms with van der Waals surface area (Å²) in [5, 5.41) is 4.41. The zero-order valence-corrected chi connectivity index (χ0v) is 14.1. The quantitative estimate of drug-likeness (QED) is 0.723. The summed E-state index contributed by atoms with van der Waals surface area (Å²) in [7, 11) is 0. The highest BCUT2D eigenvalue weighted by molar-refractivity contribution is 6.42. The average molecular weight is 324 g/mol. The van der Waals surface area contributed by atoms with Crippen molar-refractivity contribution in [1.82, 2.24) is 0 Å². The molecule has 0 aliphatic rings. The predicted octanol–water partition coefficient (Wildman–Crippen LogP) is 6.22. The van der Waals surface area contributed by atoms with Crippen LogP contribution < -0.4 is 10.1 Å². The molecule has 0 heterocycles. The smallest absolute Gasteiger partial charge is 0.120 e. The first kappa shape index (κ1) is 16.0. The minimum atomic E-state index is -0.203. The molecule has 0 aromatic heterocycles. The van der Waals surface area contributed by atoms with Gasteiger partial charge in [-0.05, 0) is 69.7 Å². The SMILES string of the molecule is Cc1cc(OC(C)(C)C)ccc1Nc1ccc(Cl)c(Cl)c1. The highest BCUT2D eigenvalue weighted by Gasteiger charge is 2.12. The lowest BCUT2D eigenvalue weighted by atomic mass is 10.1. The summed E-state index contributed by atoms with van der Waals surface area (Å²) in [6.07, 6.45) is 0. The Hall–Kier alpha value is -1.38. The number of hydrogen-bond donors (Lipinski definition) is 1. The maximum atomic E-state index is 6.03. The normalized spacial score (nSPS) is 11.3. The Bertz CT molecular complexity index is 648. The number of aryl methyl sites for hydroxylation is 1. The first-order chi connectivity index (χ1) is 9.74. The van der Waals surface area contributed by atoms with Crippen LogP contribution in [0.4, 0.5) is 11.4 Å². The Morgan fingerprint density at radius 2 is 1.67 bits per heavy atom. The first-order valence-corrected chi connectivity index (χ1v) is 7.52. The molecule has 1 N–H and O–H groups in total. The second kappa shape index (κ2) is 6.17. The maximum absolute atomic E-state index is 6.03. The van der Waals surface area contributed by atoms with Crippen LogP contribution in [0.15, 0.2) is 36.4 Å². The number of benzene rings is 2. The van der Waals surface area contributed by atoms with Crippen molar-refractivity contribution in [3.63, 3.8) is 0 Å². The molecule has 0 fully saturated rings. The van der Waals surface area contributed by atoms with Gasteiger partial charge in [0.15, 0.2) is 0 Å². The van der Waals surface area contributed by atoms with Crippen molar-refractivity contribution in [1.29, 1.82) is 0 Å². The van der Waals surface area contributed by atoms with Gasteiger partial charge in [-0.2, -0.15) is 0 Å². The molecule has 0 saturated carbocycles. The van der Waals surface area contributed by atoms with Gasteiger partial charge in [0.05, 0.1) is 10.0 Å². The molecule has 112 valence electrons. The van der Waals surface area contributed by atoms with Gasteiger partial charge in [-0.25, -0.2) is 0 Å². The van der Waals surface area contributed by atoms with Gasteiger partial charge in [0.2, 0.25) is 0 Å². The average Bonchev–Trinajstić information content (AvgIpc) is 2.35. The van der Waals surface area contributed by atoms with Crippen LogP contribution >= 0.6 is 23.2 Å². The van der Waals surface area contributed by atoms with Gasteiger partial charge in [-0.15, -0.1) is 0 Å². The van der Waals surface area contributed by atoms with Crippen LogP contribution in [-0.2, 0) is 0 Å².